The van der Waals surface area contributed by atoms with Crippen LogP contribution in [0.2, 0.25) is 0 Å². The van der Waals surface area contributed by atoms with Crippen LogP contribution in [-0.4, -0.2) is 17.9 Å². The molecule has 0 bridgehead atoms. The lowest BCUT2D eigenvalue weighted by molar-refractivity contribution is -0.116. The fraction of sp³-hybridized carbons (Fsp3) is 0.300. The van der Waals surface area contributed by atoms with E-state index < -0.39 is 0 Å². The molecular weight excluding hydrogens is 314 g/mol. The van der Waals surface area contributed by atoms with Gasteiger partial charge >= 0.3 is 0 Å². The molecule has 0 heterocycles. The molecule has 0 spiro atoms. The van der Waals surface area contributed by atoms with Gasteiger partial charge in [-0.25, -0.2) is 0 Å². The monoisotopic (exact) mass is 337 g/mol. The zero-order valence-electron chi connectivity index (χ0n) is 14.6. The second-order valence-electron chi connectivity index (χ2n) is 6.45. The summed E-state index contributed by atoms with van der Waals surface area (Å²) in [6.45, 7) is 3.30. The van der Waals surface area contributed by atoms with Crippen molar-refractivity contribution in [3.63, 3.8) is 0 Å². The van der Waals surface area contributed by atoms with Crippen LogP contribution in [0.25, 0.3) is 0 Å². The number of hydrogen-bond acceptors (Lipinski definition) is 3. The van der Waals surface area contributed by atoms with E-state index in [0.29, 0.717) is 11.4 Å². The predicted molar refractivity (Wildman–Crippen MR) is 101 cm³/mol. The maximum atomic E-state index is 12.4. The van der Waals surface area contributed by atoms with Gasteiger partial charge in [-0.2, -0.15) is 0 Å². The van der Waals surface area contributed by atoms with Gasteiger partial charge in [0.05, 0.1) is 0 Å². The van der Waals surface area contributed by atoms with E-state index in [1.807, 2.05) is 13.0 Å². The van der Waals surface area contributed by atoms with E-state index in [9.17, 15) is 9.59 Å². The molecule has 2 amide bonds. The second kappa shape index (κ2) is 7.38. The number of benzene rings is 2. The molecule has 1 atom stereocenters. The van der Waals surface area contributed by atoms with Crippen LogP contribution in [0.15, 0.2) is 42.5 Å². The summed E-state index contributed by atoms with van der Waals surface area (Å²) < 4.78 is 0. The molecule has 2 aromatic rings. The Labute approximate surface area is 147 Å². The number of fused-ring (bicyclic) bond motifs is 1. The van der Waals surface area contributed by atoms with Crippen LogP contribution in [0, 0.1) is 0 Å². The molecule has 130 valence electrons. The topological polar surface area (TPSA) is 70.2 Å². The van der Waals surface area contributed by atoms with Gasteiger partial charge in [0, 0.05) is 24.0 Å². The molecule has 0 fully saturated rings. The molecule has 0 radical (unpaired) electrons. The van der Waals surface area contributed by atoms with Crippen molar-refractivity contribution in [3.8, 4) is 0 Å². The molecule has 5 nitrogen and oxygen atoms in total. The van der Waals surface area contributed by atoms with Crippen LogP contribution in [0.5, 0.6) is 0 Å². The van der Waals surface area contributed by atoms with Gasteiger partial charge in [0.2, 0.25) is 11.8 Å². The molecule has 25 heavy (non-hydrogen) atoms. The Morgan fingerprint density at radius 1 is 0.880 bits per heavy atom. The van der Waals surface area contributed by atoms with Crippen LogP contribution < -0.4 is 16.0 Å². The molecule has 1 aliphatic rings. The minimum absolute atomic E-state index is 0.104. The summed E-state index contributed by atoms with van der Waals surface area (Å²) in [6, 6.07) is 13.0. The van der Waals surface area contributed by atoms with Gasteiger partial charge in [-0.05, 0) is 73.7 Å². The normalized spacial score (nSPS) is 13.7. The predicted octanol–water partition coefficient (Wildman–Crippen LogP) is 3.57. The second-order valence-corrected chi connectivity index (χ2v) is 6.45. The fourth-order valence-electron chi connectivity index (χ4n) is 3.07. The van der Waals surface area contributed by atoms with Gasteiger partial charge in [-0.3, -0.25) is 9.59 Å². The van der Waals surface area contributed by atoms with Crippen LogP contribution in [0.1, 0.15) is 31.4 Å². The van der Waals surface area contributed by atoms with E-state index in [-0.39, 0.29) is 17.9 Å². The number of amides is 2. The highest BCUT2D eigenvalue weighted by Crippen LogP contribution is 2.25. The number of anilines is 3. The summed E-state index contributed by atoms with van der Waals surface area (Å²) in [5.74, 6) is -0.225. The van der Waals surface area contributed by atoms with Crippen molar-refractivity contribution in [3.05, 3.63) is 53.6 Å². The van der Waals surface area contributed by atoms with Crippen molar-refractivity contribution in [1.82, 2.24) is 0 Å². The number of nitrogens with one attached hydrogen (secondary N) is 3. The van der Waals surface area contributed by atoms with Gasteiger partial charge < -0.3 is 16.0 Å². The Hall–Kier alpha value is -2.82. The third kappa shape index (κ3) is 4.38. The molecular formula is C20H23N3O2. The van der Waals surface area contributed by atoms with Gasteiger partial charge in [-0.15, -0.1) is 0 Å². The molecule has 0 aromatic heterocycles. The fourth-order valence-corrected chi connectivity index (χ4v) is 3.07. The standard InChI is InChI=1S/C20H23N3O2/c1-13(21-19-7-6-15-4-3-5-16(15)12-19)20(25)23-18-10-8-17(9-11-18)22-14(2)24/h6-13,21H,3-5H2,1-2H3,(H,22,24)(H,23,25). The van der Waals surface area contributed by atoms with Crippen LogP contribution in [0.4, 0.5) is 17.1 Å². The highest BCUT2D eigenvalue weighted by Gasteiger charge is 2.15. The third-order valence-electron chi connectivity index (χ3n) is 4.35. The lowest BCUT2D eigenvalue weighted by atomic mass is 10.1. The van der Waals surface area contributed by atoms with Gasteiger partial charge in [0.25, 0.3) is 0 Å². The molecule has 1 aliphatic carbocycles. The van der Waals surface area contributed by atoms with Crippen LogP contribution in [-0.2, 0) is 22.4 Å². The Morgan fingerprint density at radius 3 is 2.16 bits per heavy atom. The lowest BCUT2D eigenvalue weighted by Gasteiger charge is -2.16. The van der Waals surface area contributed by atoms with Crippen molar-refractivity contribution in [2.45, 2.75) is 39.2 Å². The average Bonchev–Trinajstić information content (AvgIpc) is 3.03. The van der Waals surface area contributed by atoms with E-state index in [0.717, 1.165) is 18.5 Å². The molecule has 0 saturated carbocycles. The van der Waals surface area contributed by atoms with Gasteiger partial charge in [0.1, 0.15) is 6.04 Å². The minimum atomic E-state index is -0.352. The molecule has 3 N–H and O–H groups in total. The van der Waals surface area contributed by atoms with E-state index in [4.69, 9.17) is 0 Å². The Morgan fingerprint density at radius 2 is 1.48 bits per heavy atom. The van der Waals surface area contributed by atoms with Crippen LogP contribution in [0.3, 0.4) is 0 Å². The lowest BCUT2D eigenvalue weighted by Crippen LogP contribution is -2.31. The van der Waals surface area contributed by atoms with E-state index in [1.165, 1.54) is 24.5 Å². The smallest absolute Gasteiger partial charge is 0.246 e. The summed E-state index contributed by atoms with van der Waals surface area (Å²) in [5, 5.41) is 8.84. The average molecular weight is 337 g/mol. The summed E-state index contributed by atoms with van der Waals surface area (Å²) in [5.41, 5.74) is 5.17. The summed E-state index contributed by atoms with van der Waals surface area (Å²) in [6.07, 6.45) is 3.48. The van der Waals surface area contributed by atoms with Gasteiger partial charge in [0.15, 0.2) is 0 Å². The van der Waals surface area contributed by atoms with Crippen molar-refractivity contribution < 1.29 is 9.59 Å². The highest BCUT2D eigenvalue weighted by atomic mass is 16.2. The third-order valence-corrected chi connectivity index (χ3v) is 4.35. The minimum Gasteiger partial charge on any atom is -0.374 e. The van der Waals surface area contributed by atoms with Crippen molar-refractivity contribution in [1.29, 1.82) is 0 Å². The summed E-state index contributed by atoms with van der Waals surface area (Å²) in [7, 11) is 0. The Bertz CT molecular complexity index is 784. The van der Waals surface area contributed by atoms with E-state index in [1.54, 1.807) is 24.3 Å². The molecule has 1 unspecified atom stereocenters. The zero-order chi connectivity index (χ0) is 17.8. The first-order valence-corrected chi connectivity index (χ1v) is 8.58. The first-order valence-electron chi connectivity index (χ1n) is 8.58. The maximum Gasteiger partial charge on any atom is 0.246 e. The van der Waals surface area contributed by atoms with Crippen molar-refractivity contribution in [2.24, 2.45) is 0 Å². The quantitative estimate of drug-likeness (QED) is 0.781. The van der Waals surface area contributed by atoms with E-state index in [2.05, 4.69) is 28.1 Å². The van der Waals surface area contributed by atoms with Crippen molar-refractivity contribution >= 4 is 28.9 Å². The molecule has 0 saturated heterocycles. The molecule has 0 aliphatic heterocycles. The molecule has 2 aromatic carbocycles. The number of aryl methyl sites for hydroxylation is 2. The van der Waals surface area contributed by atoms with Crippen LogP contribution >= 0.6 is 0 Å². The number of carbonyl (C=O) groups excluding carboxylic acids is 2. The first kappa shape index (κ1) is 17.0. The summed E-state index contributed by atoms with van der Waals surface area (Å²) in [4.78, 5) is 23.4. The SMILES string of the molecule is CC(=O)Nc1ccc(NC(=O)C(C)Nc2ccc3c(c2)CCC3)cc1. The largest absolute Gasteiger partial charge is 0.374 e. The maximum absolute atomic E-state index is 12.4. The zero-order valence-corrected chi connectivity index (χ0v) is 14.6. The molecule has 5 heteroatoms. The number of carbonyl (C=O) groups is 2. The number of rotatable bonds is 5. The van der Waals surface area contributed by atoms with E-state index >= 15 is 0 Å². The van der Waals surface area contributed by atoms with Gasteiger partial charge in [-0.1, -0.05) is 6.07 Å². The highest BCUT2D eigenvalue weighted by molar-refractivity contribution is 5.96. The Kier molecular flexibility index (Phi) is 5.03. The Balaban J connectivity index is 1.58. The number of hydrogen-bond donors (Lipinski definition) is 3. The van der Waals surface area contributed by atoms with Crippen molar-refractivity contribution in [2.75, 3.05) is 16.0 Å². The first-order chi connectivity index (χ1) is 12.0. The molecule has 3 rings (SSSR count). The summed E-state index contributed by atoms with van der Waals surface area (Å²) >= 11 is 0.